The van der Waals surface area contributed by atoms with Crippen LogP contribution in [0.4, 0.5) is 5.82 Å². The predicted octanol–water partition coefficient (Wildman–Crippen LogP) is 1.74. The van der Waals surface area contributed by atoms with E-state index >= 15 is 0 Å². The molecule has 2 aromatic rings. The quantitative estimate of drug-likeness (QED) is 0.666. The minimum atomic E-state index is -1.13. The van der Waals surface area contributed by atoms with E-state index in [2.05, 4.69) is 4.98 Å². The number of carbonyl (C=O) groups is 1. The molecule has 3 rings (SSSR count). The van der Waals surface area contributed by atoms with Gasteiger partial charge in [-0.2, -0.15) is 0 Å². The van der Waals surface area contributed by atoms with Crippen molar-refractivity contribution < 1.29 is 15.0 Å². The molecule has 0 fully saturated rings. The molecule has 138 valence electrons. The monoisotopic (exact) mass is 356 g/mol. The van der Waals surface area contributed by atoms with E-state index in [1.807, 2.05) is 19.9 Å². The minimum Gasteiger partial charge on any atom is -0.388 e. The minimum absolute atomic E-state index is 0.162. The Bertz CT molecular complexity index is 963. The first-order valence-electron chi connectivity index (χ1n) is 8.44. The second-order valence-corrected chi connectivity index (χ2v) is 7.32. The number of anilines is 1. The van der Waals surface area contributed by atoms with Gasteiger partial charge in [0.15, 0.2) is 0 Å². The number of amides is 1. The summed E-state index contributed by atoms with van der Waals surface area (Å²) in [4.78, 5) is 16.5. The van der Waals surface area contributed by atoms with E-state index in [0.29, 0.717) is 16.6 Å². The van der Waals surface area contributed by atoms with Gasteiger partial charge >= 0.3 is 0 Å². The molecule has 0 aromatic carbocycles. The smallest absolute Gasteiger partial charge is 0.253 e. The molecule has 2 aromatic heterocycles. The molecule has 1 amide bonds. The average Bonchev–Trinajstić information content (AvgIpc) is 2.82. The standard InChI is InChI=1S/C19H24N4O3/c1-9-5-6-13(24)10(2)15(9)23-16(20)14(17(21)25)12-7-11(19(3,4)26)8-22-18(12)23/h5-8,10,13,24,26H,20H2,1-4H3,(H2,21,25)/t10-,13-/m1/s1. The van der Waals surface area contributed by atoms with Gasteiger partial charge in [0, 0.05) is 28.8 Å². The summed E-state index contributed by atoms with van der Waals surface area (Å²) in [5.74, 6) is -0.732. The van der Waals surface area contributed by atoms with Crippen molar-refractivity contribution in [1.82, 2.24) is 9.55 Å². The van der Waals surface area contributed by atoms with Gasteiger partial charge in [-0.15, -0.1) is 0 Å². The Morgan fingerprint density at radius 1 is 1.38 bits per heavy atom. The van der Waals surface area contributed by atoms with Crippen molar-refractivity contribution in [1.29, 1.82) is 0 Å². The maximum Gasteiger partial charge on any atom is 0.253 e. The summed E-state index contributed by atoms with van der Waals surface area (Å²) in [6.45, 7) is 7.07. The highest BCUT2D eigenvalue weighted by atomic mass is 16.3. The Morgan fingerprint density at radius 2 is 2.04 bits per heavy atom. The summed E-state index contributed by atoms with van der Waals surface area (Å²) < 4.78 is 1.68. The van der Waals surface area contributed by atoms with E-state index in [1.54, 1.807) is 36.8 Å². The molecule has 1 aliphatic rings. The number of nitrogens with two attached hydrogens (primary N) is 2. The van der Waals surface area contributed by atoms with Crippen LogP contribution >= 0.6 is 0 Å². The highest BCUT2D eigenvalue weighted by Crippen LogP contribution is 2.38. The van der Waals surface area contributed by atoms with E-state index in [0.717, 1.165) is 11.3 Å². The number of aliphatic hydroxyl groups excluding tert-OH is 1. The lowest BCUT2D eigenvalue weighted by Crippen LogP contribution is -2.24. The van der Waals surface area contributed by atoms with Crippen LogP contribution in [0.3, 0.4) is 0 Å². The van der Waals surface area contributed by atoms with Crippen LogP contribution in [0.15, 0.2) is 30.0 Å². The molecule has 0 radical (unpaired) electrons. The van der Waals surface area contributed by atoms with Crippen LogP contribution in [0.2, 0.25) is 0 Å². The lowest BCUT2D eigenvalue weighted by atomic mass is 9.91. The number of carbonyl (C=O) groups excluding carboxylic acids is 1. The fourth-order valence-corrected chi connectivity index (χ4v) is 3.42. The summed E-state index contributed by atoms with van der Waals surface area (Å²) in [6, 6.07) is 1.69. The third-order valence-electron chi connectivity index (χ3n) is 4.93. The van der Waals surface area contributed by atoms with E-state index < -0.39 is 17.6 Å². The molecular weight excluding hydrogens is 332 g/mol. The number of nitrogen functional groups attached to an aromatic ring is 1. The molecular formula is C19H24N4O3. The zero-order chi connectivity index (χ0) is 19.4. The third kappa shape index (κ3) is 2.69. The molecule has 0 bridgehead atoms. The van der Waals surface area contributed by atoms with E-state index in [1.165, 1.54) is 0 Å². The number of hydrogen-bond acceptors (Lipinski definition) is 5. The average molecular weight is 356 g/mol. The maximum atomic E-state index is 12.1. The lowest BCUT2D eigenvalue weighted by Gasteiger charge is -2.27. The molecule has 0 unspecified atom stereocenters. The molecule has 6 N–H and O–H groups in total. The molecule has 0 spiro atoms. The van der Waals surface area contributed by atoms with Crippen LogP contribution in [-0.2, 0) is 5.60 Å². The number of primary amides is 1. The number of aromatic nitrogens is 2. The first-order valence-corrected chi connectivity index (χ1v) is 8.44. The normalized spacial score (nSPS) is 20.8. The summed E-state index contributed by atoms with van der Waals surface area (Å²) in [5, 5.41) is 21.0. The number of rotatable bonds is 3. The first kappa shape index (κ1) is 18.2. The number of hydrogen-bond donors (Lipinski definition) is 4. The Labute approximate surface area is 151 Å². The number of nitrogens with zero attached hydrogens (tertiary/aromatic N) is 2. The van der Waals surface area contributed by atoms with Crippen molar-refractivity contribution in [3.8, 4) is 0 Å². The Morgan fingerprint density at radius 3 is 2.62 bits per heavy atom. The van der Waals surface area contributed by atoms with Crippen molar-refractivity contribution in [2.45, 2.75) is 39.4 Å². The summed E-state index contributed by atoms with van der Waals surface area (Å²) >= 11 is 0. The molecule has 0 aliphatic heterocycles. The Hall–Kier alpha value is -2.64. The van der Waals surface area contributed by atoms with Gasteiger partial charge in [-0.05, 0) is 32.4 Å². The molecule has 26 heavy (non-hydrogen) atoms. The van der Waals surface area contributed by atoms with E-state index in [9.17, 15) is 15.0 Å². The Balaban J connectivity index is 2.39. The zero-order valence-electron chi connectivity index (χ0n) is 15.3. The lowest BCUT2D eigenvalue weighted by molar-refractivity contribution is 0.0783. The molecule has 7 heteroatoms. The number of allylic oxidation sites excluding steroid dienone is 2. The van der Waals surface area contributed by atoms with Crippen LogP contribution < -0.4 is 11.5 Å². The van der Waals surface area contributed by atoms with Gasteiger partial charge in [0.25, 0.3) is 5.91 Å². The highest BCUT2D eigenvalue weighted by molar-refractivity contribution is 6.11. The molecule has 2 heterocycles. The first-order chi connectivity index (χ1) is 12.0. The van der Waals surface area contributed by atoms with Crippen LogP contribution in [-0.4, -0.2) is 31.8 Å². The van der Waals surface area contributed by atoms with Crippen LogP contribution in [0, 0.1) is 5.92 Å². The summed E-state index contributed by atoms with van der Waals surface area (Å²) in [5.41, 5.74) is 13.6. The zero-order valence-corrected chi connectivity index (χ0v) is 15.3. The Kier molecular flexibility index (Phi) is 4.17. The third-order valence-corrected chi connectivity index (χ3v) is 4.93. The number of pyridine rings is 1. The topological polar surface area (TPSA) is 127 Å². The molecule has 1 aliphatic carbocycles. The fourth-order valence-electron chi connectivity index (χ4n) is 3.42. The molecule has 0 saturated heterocycles. The largest absolute Gasteiger partial charge is 0.388 e. The molecule has 0 saturated carbocycles. The SMILES string of the molecule is CC1=C(n2c(N)c(C(N)=O)c3cc(C(C)(C)O)cnc32)[C@H](C)[C@H](O)C=C1. The van der Waals surface area contributed by atoms with Crippen LogP contribution in [0.25, 0.3) is 16.7 Å². The van der Waals surface area contributed by atoms with Crippen molar-refractivity contribution in [2.75, 3.05) is 5.73 Å². The van der Waals surface area contributed by atoms with Crippen molar-refractivity contribution in [3.05, 3.63) is 41.1 Å². The number of fused-ring (bicyclic) bond motifs is 1. The maximum absolute atomic E-state index is 12.1. The summed E-state index contributed by atoms with van der Waals surface area (Å²) in [7, 11) is 0. The van der Waals surface area contributed by atoms with Crippen LogP contribution in [0.1, 0.15) is 43.6 Å². The van der Waals surface area contributed by atoms with Crippen LogP contribution in [0.5, 0.6) is 0 Å². The van der Waals surface area contributed by atoms with Crippen molar-refractivity contribution in [3.63, 3.8) is 0 Å². The second kappa shape index (κ2) is 5.96. The van der Waals surface area contributed by atoms with E-state index in [-0.39, 0.29) is 17.3 Å². The van der Waals surface area contributed by atoms with Gasteiger partial charge < -0.3 is 21.7 Å². The predicted molar refractivity (Wildman–Crippen MR) is 101 cm³/mol. The van der Waals surface area contributed by atoms with Crippen molar-refractivity contribution in [2.24, 2.45) is 11.7 Å². The number of aliphatic hydroxyl groups is 2. The molecule has 2 atom stereocenters. The van der Waals surface area contributed by atoms with Gasteiger partial charge in [-0.1, -0.05) is 19.1 Å². The second-order valence-electron chi connectivity index (χ2n) is 7.32. The van der Waals surface area contributed by atoms with Gasteiger partial charge in [-0.25, -0.2) is 4.98 Å². The van der Waals surface area contributed by atoms with E-state index in [4.69, 9.17) is 11.5 Å². The van der Waals surface area contributed by atoms with Gasteiger partial charge in [0.05, 0.1) is 17.3 Å². The highest BCUT2D eigenvalue weighted by Gasteiger charge is 2.30. The van der Waals surface area contributed by atoms with Crippen molar-refractivity contribution >= 4 is 28.5 Å². The molecule has 7 nitrogen and oxygen atoms in total. The summed E-state index contributed by atoms with van der Waals surface area (Å²) in [6.07, 6.45) is 4.43. The van der Waals surface area contributed by atoms with Gasteiger partial charge in [0.1, 0.15) is 11.5 Å². The van der Waals surface area contributed by atoms with Gasteiger partial charge in [0.2, 0.25) is 0 Å². The fraction of sp³-hybridized carbons (Fsp3) is 0.368. The van der Waals surface area contributed by atoms with Gasteiger partial charge in [-0.3, -0.25) is 9.36 Å².